The van der Waals surface area contributed by atoms with E-state index in [1.54, 1.807) is 0 Å². The van der Waals surface area contributed by atoms with Crippen molar-refractivity contribution in [2.75, 3.05) is 12.5 Å². The molecule has 0 aromatic heterocycles. The van der Waals surface area contributed by atoms with Crippen LogP contribution >= 0.6 is 43.2 Å². The second-order valence-corrected chi connectivity index (χ2v) is 8.46. The fourth-order valence-electron chi connectivity index (χ4n) is 1.50. The highest BCUT2D eigenvalue weighted by molar-refractivity contribution is 8.77. The molecule has 0 N–H and O–H groups in total. The van der Waals surface area contributed by atoms with Crippen LogP contribution in [-0.2, 0) is 0 Å². The average molecular weight is 240 g/mol. The summed E-state index contributed by atoms with van der Waals surface area (Å²) < 4.78 is 0. The molecule has 0 aliphatic heterocycles. The second-order valence-electron chi connectivity index (χ2n) is 2.92. The zero-order chi connectivity index (χ0) is 8.81. The number of hydrogen-bond donors (Lipinski definition) is 0. The molecule has 0 nitrogen and oxygen atoms in total. The molecule has 0 unspecified atom stereocenters. The van der Waals surface area contributed by atoms with Crippen molar-refractivity contribution in [3.63, 3.8) is 0 Å². The third-order valence-corrected chi connectivity index (χ3v) is 6.75. The molecule has 0 aromatic carbocycles. The van der Waals surface area contributed by atoms with Gasteiger partial charge in [0.25, 0.3) is 0 Å². The summed E-state index contributed by atoms with van der Waals surface area (Å²) in [7, 11) is 8.00. The second kappa shape index (κ2) is 6.80. The van der Waals surface area contributed by atoms with Gasteiger partial charge in [-0.25, -0.2) is 0 Å². The summed E-state index contributed by atoms with van der Waals surface area (Å²) in [6, 6.07) is 0. The fraction of sp³-hybridized carbons (Fsp3) is 1.00. The van der Waals surface area contributed by atoms with Gasteiger partial charge < -0.3 is 0 Å². The van der Waals surface area contributed by atoms with E-state index in [9.17, 15) is 0 Å². The monoisotopic (exact) mass is 240 g/mol. The first-order valence-electron chi connectivity index (χ1n) is 4.25. The fourth-order valence-corrected chi connectivity index (χ4v) is 5.76. The van der Waals surface area contributed by atoms with E-state index in [-0.39, 0.29) is 0 Å². The van der Waals surface area contributed by atoms with E-state index in [1.165, 1.54) is 25.7 Å². The van der Waals surface area contributed by atoms with Crippen molar-refractivity contribution in [2.24, 2.45) is 0 Å². The summed E-state index contributed by atoms with van der Waals surface area (Å²) in [4.78, 5) is 0. The van der Waals surface area contributed by atoms with Gasteiger partial charge in [0.1, 0.15) is 0 Å². The van der Waals surface area contributed by atoms with Crippen LogP contribution in [0.25, 0.3) is 0 Å². The maximum Gasteiger partial charge on any atom is 0.0152 e. The molecule has 1 aliphatic carbocycles. The molecule has 0 aromatic rings. The lowest BCUT2D eigenvalue weighted by Gasteiger charge is -2.26. The average Bonchev–Trinajstić information content (AvgIpc) is 2.09. The number of rotatable bonds is 4. The highest BCUT2D eigenvalue weighted by atomic mass is 33.1. The zero-order valence-electron chi connectivity index (χ0n) is 7.62. The summed E-state index contributed by atoms with van der Waals surface area (Å²) in [6.07, 6.45) is 10.1. The lowest BCUT2D eigenvalue weighted by Crippen LogP contribution is -2.16. The van der Waals surface area contributed by atoms with Gasteiger partial charge in [-0.3, -0.25) is 0 Å². The van der Waals surface area contributed by atoms with Crippen molar-refractivity contribution in [3.05, 3.63) is 0 Å². The molecule has 0 saturated heterocycles. The van der Waals surface area contributed by atoms with Crippen LogP contribution in [0.15, 0.2) is 0 Å². The van der Waals surface area contributed by atoms with Gasteiger partial charge in [-0.2, -0.15) is 0 Å². The Morgan fingerprint density at radius 2 is 1.08 bits per heavy atom. The Kier molecular flexibility index (Phi) is 6.50. The summed E-state index contributed by atoms with van der Waals surface area (Å²) in [5.41, 5.74) is 0. The molecule has 0 heterocycles. The molecule has 4 heteroatoms. The van der Waals surface area contributed by atoms with E-state index in [0.29, 0.717) is 0 Å². The lowest BCUT2D eigenvalue weighted by molar-refractivity contribution is 0.531. The highest BCUT2D eigenvalue weighted by Gasteiger charge is 2.21. The molecule has 1 fully saturated rings. The largest absolute Gasteiger partial charge is 0.0973 e. The molecule has 0 bridgehead atoms. The SMILES string of the molecule is CSSC1CCC(SSC)CC1. The van der Waals surface area contributed by atoms with Gasteiger partial charge in [-0.05, 0) is 38.2 Å². The summed E-state index contributed by atoms with van der Waals surface area (Å²) in [5, 5.41) is 1.89. The third-order valence-electron chi connectivity index (χ3n) is 2.09. The normalized spacial score (nSPS) is 30.5. The molecule has 0 amide bonds. The molecule has 1 aliphatic rings. The van der Waals surface area contributed by atoms with Crippen molar-refractivity contribution in [3.8, 4) is 0 Å². The Balaban J connectivity index is 2.11. The van der Waals surface area contributed by atoms with E-state index in [0.717, 1.165) is 10.5 Å². The summed E-state index contributed by atoms with van der Waals surface area (Å²) >= 11 is 0. The summed E-state index contributed by atoms with van der Waals surface area (Å²) in [6.45, 7) is 0. The van der Waals surface area contributed by atoms with Crippen LogP contribution in [0.4, 0.5) is 0 Å². The minimum absolute atomic E-state index is 0.943. The third kappa shape index (κ3) is 4.07. The Morgan fingerprint density at radius 1 is 0.750 bits per heavy atom. The van der Waals surface area contributed by atoms with Crippen molar-refractivity contribution in [2.45, 2.75) is 36.2 Å². The molecule has 0 atom stereocenters. The van der Waals surface area contributed by atoms with E-state index < -0.39 is 0 Å². The van der Waals surface area contributed by atoms with E-state index in [4.69, 9.17) is 0 Å². The van der Waals surface area contributed by atoms with Gasteiger partial charge in [-0.15, -0.1) is 0 Å². The highest BCUT2D eigenvalue weighted by Crippen LogP contribution is 2.40. The Hall–Kier alpha value is 1.40. The van der Waals surface area contributed by atoms with Crippen LogP contribution in [0.3, 0.4) is 0 Å². The predicted octanol–water partition coefficient (Wildman–Crippen LogP) is 4.32. The van der Waals surface area contributed by atoms with E-state index in [2.05, 4.69) is 34.1 Å². The molecule has 12 heavy (non-hydrogen) atoms. The van der Waals surface area contributed by atoms with Crippen molar-refractivity contribution in [1.82, 2.24) is 0 Å². The van der Waals surface area contributed by atoms with E-state index in [1.807, 2.05) is 21.6 Å². The first kappa shape index (κ1) is 11.5. The van der Waals surface area contributed by atoms with Gasteiger partial charge in [0.2, 0.25) is 0 Å². The topological polar surface area (TPSA) is 0 Å². The van der Waals surface area contributed by atoms with Crippen LogP contribution in [0.2, 0.25) is 0 Å². The van der Waals surface area contributed by atoms with Crippen molar-refractivity contribution < 1.29 is 0 Å². The quantitative estimate of drug-likeness (QED) is 0.671. The lowest BCUT2D eigenvalue weighted by atomic mass is 10.00. The Bertz CT molecular complexity index is 95.6. The first-order valence-corrected chi connectivity index (χ1v) is 9.50. The van der Waals surface area contributed by atoms with Crippen LogP contribution < -0.4 is 0 Å². The van der Waals surface area contributed by atoms with Crippen LogP contribution in [0.1, 0.15) is 25.7 Å². The smallest absolute Gasteiger partial charge is 0.0152 e. The van der Waals surface area contributed by atoms with Crippen LogP contribution in [0, 0.1) is 0 Å². The summed E-state index contributed by atoms with van der Waals surface area (Å²) in [5.74, 6) is 0. The Labute approximate surface area is 91.6 Å². The van der Waals surface area contributed by atoms with Gasteiger partial charge in [-0.1, -0.05) is 43.2 Å². The van der Waals surface area contributed by atoms with Crippen molar-refractivity contribution in [1.29, 1.82) is 0 Å². The van der Waals surface area contributed by atoms with E-state index >= 15 is 0 Å². The minimum atomic E-state index is 0.943. The number of hydrogen-bond acceptors (Lipinski definition) is 4. The van der Waals surface area contributed by atoms with Gasteiger partial charge >= 0.3 is 0 Å². The van der Waals surface area contributed by atoms with Crippen molar-refractivity contribution >= 4 is 43.2 Å². The minimum Gasteiger partial charge on any atom is -0.0973 e. The molecule has 72 valence electrons. The first-order chi connectivity index (χ1) is 5.86. The molecule has 0 spiro atoms. The van der Waals surface area contributed by atoms with Gasteiger partial charge in [0.05, 0.1) is 0 Å². The van der Waals surface area contributed by atoms with Crippen LogP contribution in [-0.4, -0.2) is 23.0 Å². The molecule has 0 radical (unpaired) electrons. The molecular formula is C8H16S4. The zero-order valence-corrected chi connectivity index (χ0v) is 10.9. The van der Waals surface area contributed by atoms with Gasteiger partial charge in [0, 0.05) is 10.5 Å². The molecule has 1 saturated carbocycles. The van der Waals surface area contributed by atoms with Gasteiger partial charge in [0.15, 0.2) is 0 Å². The molecule has 1 rings (SSSR count). The maximum atomic E-state index is 2.19. The standard InChI is InChI=1S/C8H16S4/c1-9-11-7-3-5-8(6-4-7)12-10-2/h7-8H,3-6H2,1-2H3. The Morgan fingerprint density at radius 3 is 1.33 bits per heavy atom. The predicted molar refractivity (Wildman–Crippen MR) is 68.3 cm³/mol. The maximum absolute atomic E-state index is 2.19. The molecular weight excluding hydrogens is 224 g/mol. The van der Waals surface area contributed by atoms with Crippen LogP contribution in [0.5, 0.6) is 0 Å².